The number of hydrogen-bond acceptors (Lipinski definition) is 4. The monoisotopic (exact) mass is 218 g/mol. The molecular formula is C10H10N4O2. The van der Waals surface area contributed by atoms with Crippen molar-refractivity contribution in [1.82, 2.24) is 4.98 Å². The normalized spacial score (nSPS) is 9.81. The van der Waals surface area contributed by atoms with Gasteiger partial charge in [0.15, 0.2) is 0 Å². The summed E-state index contributed by atoms with van der Waals surface area (Å²) >= 11 is 0. The SMILES string of the molecule is COC(=O)C=Cc1cccc(CN=[N+]=[N-])n1. The molecule has 0 aliphatic carbocycles. The summed E-state index contributed by atoms with van der Waals surface area (Å²) in [5.41, 5.74) is 9.41. The van der Waals surface area contributed by atoms with Crippen LogP contribution in [0.4, 0.5) is 0 Å². The van der Waals surface area contributed by atoms with Crippen molar-refractivity contribution in [2.45, 2.75) is 6.54 Å². The van der Waals surface area contributed by atoms with E-state index in [1.54, 1.807) is 18.2 Å². The molecular weight excluding hydrogens is 208 g/mol. The molecule has 16 heavy (non-hydrogen) atoms. The maximum absolute atomic E-state index is 10.8. The van der Waals surface area contributed by atoms with Gasteiger partial charge in [-0.3, -0.25) is 4.98 Å². The first kappa shape index (κ1) is 11.7. The molecule has 0 saturated carbocycles. The highest BCUT2D eigenvalue weighted by molar-refractivity contribution is 5.86. The number of hydrogen-bond donors (Lipinski definition) is 0. The smallest absolute Gasteiger partial charge is 0.330 e. The minimum Gasteiger partial charge on any atom is -0.466 e. The fourth-order valence-electron chi connectivity index (χ4n) is 1.00. The number of nitrogens with zero attached hydrogens (tertiary/aromatic N) is 4. The predicted molar refractivity (Wildman–Crippen MR) is 58.1 cm³/mol. The molecule has 0 radical (unpaired) electrons. The fourth-order valence-corrected chi connectivity index (χ4v) is 1.00. The van der Waals surface area contributed by atoms with Gasteiger partial charge in [0.05, 0.1) is 19.3 Å². The lowest BCUT2D eigenvalue weighted by molar-refractivity contribution is -0.134. The highest BCUT2D eigenvalue weighted by atomic mass is 16.5. The minimum absolute atomic E-state index is 0.191. The number of esters is 1. The average molecular weight is 218 g/mol. The maximum Gasteiger partial charge on any atom is 0.330 e. The first-order valence-electron chi connectivity index (χ1n) is 4.49. The number of ether oxygens (including phenoxy) is 1. The van der Waals surface area contributed by atoms with Crippen LogP contribution < -0.4 is 0 Å². The highest BCUT2D eigenvalue weighted by Gasteiger charge is 1.95. The molecule has 6 heteroatoms. The molecule has 0 fully saturated rings. The molecule has 0 bridgehead atoms. The van der Waals surface area contributed by atoms with E-state index in [0.717, 1.165) is 0 Å². The Morgan fingerprint density at radius 3 is 3.19 bits per heavy atom. The Morgan fingerprint density at radius 1 is 1.69 bits per heavy atom. The van der Waals surface area contributed by atoms with Gasteiger partial charge in [-0.1, -0.05) is 11.2 Å². The second-order valence-corrected chi connectivity index (χ2v) is 2.80. The summed E-state index contributed by atoms with van der Waals surface area (Å²) in [7, 11) is 1.30. The average Bonchev–Trinajstić information content (AvgIpc) is 2.34. The molecule has 1 aromatic heterocycles. The van der Waals surface area contributed by atoms with Gasteiger partial charge in [-0.05, 0) is 23.7 Å². The Kier molecular flexibility index (Phi) is 4.56. The van der Waals surface area contributed by atoms with Crippen molar-refractivity contribution in [3.63, 3.8) is 0 Å². The standard InChI is InChI=1S/C10H10N4O2/c1-16-10(15)6-5-8-3-2-4-9(13-8)7-12-14-11/h2-6H,7H2,1H3. The van der Waals surface area contributed by atoms with Gasteiger partial charge in [0.2, 0.25) is 0 Å². The summed E-state index contributed by atoms with van der Waals surface area (Å²) in [5, 5.41) is 3.40. The predicted octanol–water partition coefficient (Wildman–Crippen LogP) is 2.08. The molecule has 6 nitrogen and oxygen atoms in total. The Morgan fingerprint density at radius 2 is 2.50 bits per heavy atom. The molecule has 0 amide bonds. The van der Waals surface area contributed by atoms with Crippen molar-refractivity contribution < 1.29 is 9.53 Å². The quantitative estimate of drug-likeness (QED) is 0.255. The van der Waals surface area contributed by atoms with E-state index >= 15 is 0 Å². The summed E-state index contributed by atoms with van der Waals surface area (Å²) in [6.45, 7) is 0.191. The third-order valence-electron chi connectivity index (χ3n) is 1.72. The van der Waals surface area contributed by atoms with Gasteiger partial charge >= 0.3 is 5.97 Å². The summed E-state index contributed by atoms with van der Waals surface area (Å²) in [6.07, 6.45) is 2.81. The largest absolute Gasteiger partial charge is 0.466 e. The Hall–Kier alpha value is -2.33. The van der Waals surface area contributed by atoms with Crippen LogP contribution in [0.1, 0.15) is 11.4 Å². The minimum atomic E-state index is -0.442. The van der Waals surface area contributed by atoms with Crippen LogP contribution in [0.5, 0.6) is 0 Å². The van der Waals surface area contributed by atoms with E-state index in [1.807, 2.05) is 0 Å². The van der Waals surface area contributed by atoms with Gasteiger partial charge in [0.25, 0.3) is 0 Å². The van der Waals surface area contributed by atoms with Gasteiger partial charge in [0.1, 0.15) is 0 Å². The van der Waals surface area contributed by atoms with Crippen molar-refractivity contribution in [2.24, 2.45) is 5.11 Å². The van der Waals surface area contributed by atoms with Crippen LogP contribution in [0.2, 0.25) is 0 Å². The molecule has 1 aromatic rings. The van der Waals surface area contributed by atoms with Gasteiger partial charge in [-0.25, -0.2) is 4.79 Å². The maximum atomic E-state index is 10.8. The third-order valence-corrected chi connectivity index (χ3v) is 1.72. The van der Waals surface area contributed by atoms with Gasteiger partial charge in [-0.15, -0.1) is 0 Å². The van der Waals surface area contributed by atoms with Crippen LogP contribution in [0.25, 0.3) is 16.5 Å². The zero-order valence-corrected chi connectivity index (χ0v) is 8.70. The van der Waals surface area contributed by atoms with Crippen LogP contribution in [0.15, 0.2) is 29.4 Å². The third kappa shape index (κ3) is 3.81. The number of azide groups is 1. The number of carbonyl (C=O) groups is 1. The van der Waals surface area contributed by atoms with E-state index in [9.17, 15) is 4.79 Å². The molecule has 0 atom stereocenters. The van der Waals surface area contributed by atoms with Crippen LogP contribution in [0.3, 0.4) is 0 Å². The summed E-state index contributed by atoms with van der Waals surface area (Å²) in [4.78, 5) is 17.6. The Labute approximate surface area is 92.2 Å². The topological polar surface area (TPSA) is 88.0 Å². The number of aromatic nitrogens is 1. The second-order valence-electron chi connectivity index (χ2n) is 2.80. The zero-order chi connectivity index (χ0) is 11.8. The van der Waals surface area contributed by atoms with E-state index in [1.165, 1.54) is 19.3 Å². The molecule has 0 N–H and O–H groups in total. The van der Waals surface area contributed by atoms with E-state index in [-0.39, 0.29) is 6.54 Å². The summed E-state index contributed by atoms with van der Waals surface area (Å²) in [5.74, 6) is -0.442. The van der Waals surface area contributed by atoms with Crippen LogP contribution >= 0.6 is 0 Å². The molecule has 0 unspecified atom stereocenters. The van der Waals surface area contributed by atoms with Crippen LogP contribution in [-0.2, 0) is 16.1 Å². The molecule has 1 rings (SSSR count). The second kappa shape index (κ2) is 6.21. The summed E-state index contributed by atoms with van der Waals surface area (Å²) in [6, 6.07) is 5.25. The molecule has 0 spiro atoms. The number of pyridine rings is 1. The number of methoxy groups -OCH3 is 1. The zero-order valence-electron chi connectivity index (χ0n) is 8.70. The molecule has 0 aliphatic heterocycles. The Balaban J connectivity index is 2.77. The van der Waals surface area contributed by atoms with Gasteiger partial charge in [0, 0.05) is 16.7 Å². The van der Waals surface area contributed by atoms with Crippen molar-refractivity contribution in [3.8, 4) is 0 Å². The van der Waals surface area contributed by atoms with Crippen molar-refractivity contribution in [1.29, 1.82) is 0 Å². The van der Waals surface area contributed by atoms with Crippen molar-refractivity contribution >= 4 is 12.0 Å². The first-order valence-corrected chi connectivity index (χ1v) is 4.49. The van der Waals surface area contributed by atoms with E-state index < -0.39 is 5.97 Å². The molecule has 0 saturated heterocycles. The molecule has 0 aromatic carbocycles. The summed E-state index contributed by atoms with van der Waals surface area (Å²) < 4.78 is 4.45. The van der Waals surface area contributed by atoms with Crippen molar-refractivity contribution in [2.75, 3.05) is 7.11 Å². The lowest BCUT2D eigenvalue weighted by Crippen LogP contribution is -1.94. The van der Waals surface area contributed by atoms with Crippen LogP contribution in [-0.4, -0.2) is 18.1 Å². The first-order chi connectivity index (χ1) is 7.76. The van der Waals surface area contributed by atoms with E-state index in [0.29, 0.717) is 11.4 Å². The fraction of sp³-hybridized carbons (Fsp3) is 0.200. The number of carbonyl (C=O) groups excluding carboxylic acids is 1. The molecule has 82 valence electrons. The Bertz CT molecular complexity index is 450. The molecule has 0 aliphatic rings. The highest BCUT2D eigenvalue weighted by Crippen LogP contribution is 2.03. The van der Waals surface area contributed by atoms with Gasteiger partial charge < -0.3 is 4.74 Å². The van der Waals surface area contributed by atoms with Gasteiger partial charge in [-0.2, -0.15) is 0 Å². The lowest BCUT2D eigenvalue weighted by atomic mass is 10.3. The lowest BCUT2D eigenvalue weighted by Gasteiger charge is -1.97. The number of rotatable bonds is 4. The molecule has 1 heterocycles. The van der Waals surface area contributed by atoms with Crippen LogP contribution in [0, 0.1) is 0 Å². The van der Waals surface area contributed by atoms with E-state index in [4.69, 9.17) is 5.53 Å². The van der Waals surface area contributed by atoms with E-state index in [2.05, 4.69) is 19.7 Å². The van der Waals surface area contributed by atoms with Crippen molar-refractivity contribution in [3.05, 3.63) is 46.1 Å².